The van der Waals surface area contributed by atoms with Crippen LogP contribution in [0.2, 0.25) is 5.02 Å². The molecule has 0 saturated heterocycles. The van der Waals surface area contributed by atoms with E-state index in [0.717, 1.165) is 24.0 Å². The number of carbonyl (C=O) groups is 2. The number of anilines is 1. The van der Waals surface area contributed by atoms with Crippen molar-refractivity contribution in [1.29, 1.82) is 0 Å². The molecule has 5 heteroatoms. The summed E-state index contributed by atoms with van der Waals surface area (Å²) in [7, 11) is 0. The minimum atomic E-state index is -0.101. The number of amides is 2. The molecule has 0 aromatic heterocycles. The molecule has 0 radical (unpaired) electrons. The summed E-state index contributed by atoms with van der Waals surface area (Å²) in [6, 6.07) is 4.14. The van der Waals surface area contributed by atoms with Gasteiger partial charge in [-0.1, -0.05) is 43.4 Å². The van der Waals surface area contributed by atoms with Gasteiger partial charge in [-0.15, -0.1) is 0 Å². The second-order valence-electron chi connectivity index (χ2n) is 7.09. The Morgan fingerprint density at radius 2 is 1.80 bits per heavy atom. The zero-order valence-electron chi connectivity index (χ0n) is 15.5. The highest BCUT2D eigenvalue weighted by molar-refractivity contribution is 6.34. The Hall–Kier alpha value is -1.55. The van der Waals surface area contributed by atoms with Crippen LogP contribution in [-0.2, 0) is 9.59 Å². The third kappa shape index (κ3) is 5.74. The molecule has 1 fully saturated rings. The van der Waals surface area contributed by atoms with E-state index in [1.807, 2.05) is 26.0 Å². The first-order chi connectivity index (χ1) is 11.9. The third-order valence-electron chi connectivity index (χ3n) is 4.83. The van der Waals surface area contributed by atoms with Gasteiger partial charge in [-0.25, -0.2) is 0 Å². The maximum atomic E-state index is 12.3. The first-order valence-electron chi connectivity index (χ1n) is 9.22. The van der Waals surface area contributed by atoms with E-state index in [0.29, 0.717) is 23.7 Å². The van der Waals surface area contributed by atoms with E-state index >= 15 is 0 Å². The molecule has 1 N–H and O–H groups in total. The average Bonchev–Trinajstić information content (AvgIpc) is 2.77. The Bertz CT molecular complexity index is 599. The summed E-state index contributed by atoms with van der Waals surface area (Å²) in [5.74, 6) is -0.0878. The van der Waals surface area contributed by atoms with Gasteiger partial charge in [0.25, 0.3) is 0 Å². The zero-order chi connectivity index (χ0) is 18.4. The molecule has 2 rings (SSSR count). The molecule has 2 amide bonds. The Kier molecular flexibility index (Phi) is 7.30. The molecule has 1 aromatic carbocycles. The molecule has 0 heterocycles. The van der Waals surface area contributed by atoms with Gasteiger partial charge in [-0.2, -0.15) is 0 Å². The van der Waals surface area contributed by atoms with Gasteiger partial charge in [0.1, 0.15) is 0 Å². The van der Waals surface area contributed by atoms with Gasteiger partial charge in [0.05, 0.1) is 10.7 Å². The standard InChI is InChI=1S/C20H29ClN2O2/c1-14-12-15(2)20(18(21)13-14)23(16(3)24)11-10-19(25)22-17-8-6-4-5-7-9-17/h12-13,17H,4-11H2,1-3H3,(H,22,25). The highest BCUT2D eigenvalue weighted by Crippen LogP contribution is 2.31. The van der Waals surface area contributed by atoms with Gasteiger partial charge in [0, 0.05) is 25.9 Å². The molecule has 25 heavy (non-hydrogen) atoms. The molecule has 4 nitrogen and oxygen atoms in total. The van der Waals surface area contributed by atoms with Gasteiger partial charge >= 0.3 is 0 Å². The molecular formula is C20H29ClN2O2. The number of nitrogens with zero attached hydrogens (tertiary/aromatic N) is 1. The van der Waals surface area contributed by atoms with E-state index in [4.69, 9.17) is 11.6 Å². The second-order valence-corrected chi connectivity index (χ2v) is 7.50. The van der Waals surface area contributed by atoms with E-state index in [-0.39, 0.29) is 17.9 Å². The monoisotopic (exact) mass is 364 g/mol. The summed E-state index contributed by atoms with van der Waals surface area (Å²) in [5.41, 5.74) is 2.72. The number of hydrogen-bond acceptors (Lipinski definition) is 2. The van der Waals surface area contributed by atoms with E-state index in [2.05, 4.69) is 5.32 Å². The summed E-state index contributed by atoms with van der Waals surface area (Å²) in [4.78, 5) is 26.1. The minimum Gasteiger partial charge on any atom is -0.353 e. The van der Waals surface area contributed by atoms with Crippen molar-refractivity contribution in [2.75, 3.05) is 11.4 Å². The number of hydrogen-bond donors (Lipinski definition) is 1. The van der Waals surface area contributed by atoms with Crippen LogP contribution in [0.4, 0.5) is 5.69 Å². The van der Waals surface area contributed by atoms with Crippen LogP contribution in [-0.4, -0.2) is 24.4 Å². The lowest BCUT2D eigenvalue weighted by molar-refractivity contribution is -0.121. The summed E-state index contributed by atoms with van der Waals surface area (Å²) in [6.07, 6.45) is 7.30. The molecule has 0 spiro atoms. The Morgan fingerprint density at radius 3 is 2.36 bits per heavy atom. The topological polar surface area (TPSA) is 49.4 Å². The highest BCUT2D eigenvalue weighted by atomic mass is 35.5. The van der Waals surface area contributed by atoms with E-state index in [1.54, 1.807) is 4.90 Å². The molecule has 1 aromatic rings. The van der Waals surface area contributed by atoms with Crippen LogP contribution < -0.4 is 10.2 Å². The first kappa shape index (κ1) is 19.8. The van der Waals surface area contributed by atoms with Crippen molar-refractivity contribution in [3.63, 3.8) is 0 Å². The smallest absolute Gasteiger partial charge is 0.223 e. The fourth-order valence-electron chi connectivity index (χ4n) is 3.61. The van der Waals surface area contributed by atoms with Crippen molar-refractivity contribution in [2.45, 2.75) is 71.8 Å². The predicted molar refractivity (Wildman–Crippen MR) is 103 cm³/mol. The van der Waals surface area contributed by atoms with Crippen molar-refractivity contribution in [2.24, 2.45) is 0 Å². The Labute approximate surface area is 155 Å². The molecule has 0 bridgehead atoms. The average molecular weight is 365 g/mol. The maximum absolute atomic E-state index is 12.3. The van der Waals surface area contributed by atoms with Gasteiger partial charge in [-0.05, 0) is 43.9 Å². The van der Waals surface area contributed by atoms with Crippen LogP contribution in [0.3, 0.4) is 0 Å². The molecule has 0 atom stereocenters. The van der Waals surface area contributed by atoms with Gasteiger partial charge in [-0.3, -0.25) is 9.59 Å². The van der Waals surface area contributed by atoms with Crippen molar-refractivity contribution in [3.05, 3.63) is 28.3 Å². The molecule has 0 unspecified atom stereocenters. The number of halogens is 1. The molecular weight excluding hydrogens is 336 g/mol. The SMILES string of the molecule is CC(=O)N(CCC(=O)NC1CCCCCC1)c1c(C)cc(C)cc1Cl. The van der Waals surface area contributed by atoms with E-state index in [9.17, 15) is 9.59 Å². The minimum absolute atomic E-state index is 0.0130. The van der Waals surface area contributed by atoms with Crippen molar-refractivity contribution >= 4 is 29.1 Å². The number of carbonyl (C=O) groups excluding carboxylic acids is 2. The van der Waals surface area contributed by atoms with E-state index in [1.165, 1.54) is 32.6 Å². The quantitative estimate of drug-likeness (QED) is 0.780. The van der Waals surface area contributed by atoms with Crippen LogP contribution >= 0.6 is 11.6 Å². The lowest BCUT2D eigenvalue weighted by Crippen LogP contribution is -2.38. The summed E-state index contributed by atoms with van der Waals surface area (Å²) in [5, 5.41) is 3.69. The maximum Gasteiger partial charge on any atom is 0.223 e. The lowest BCUT2D eigenvalue weighted by atomic mass is 10.1. The fourth-order valence-corrected chi connectivity index (χ4v) is 4.04. The number of nitrogens with one attached hydrogen (secondary N) is 1. The molecule has 0 aliphatic heterocycles. The van der Waals surface area contributed by atoms with Gasteiger partial charge in [0.15, 0.2) is 0 Å². The van der Waals surface area contributed by atoms with Crippen LogP contribution in [0.25, 0.3) is 0 Å². The summed E-state index contributed by atoms with van der Waals surface area (Å²) >= 11 is 6.37. The number of benzene rings is 1. The normalized spacial score (nSPS) is 15.5. The molecule has 138 valence electrons. The third-order valence-corrected chi connectivity index (χ3v) is 5.12. The molecule has 1 aliphatic rings. The van der Waals surface area contributed by atoms with Crippen molar-refractivity contribution in [3.8, 4) is 0 Å². The van der Waals surface area contributed by atoms with Gasteiger partial charge in [0.2, 0.25) is 11.8 Å². The van der Waals surface area contributed by atoms with Crippen LogP contribution in [0, 0.1) is 13.8 Å². The lowest BCUT2D eigenvalue weighted by Gasteiger charge is -2.25. The Balaban J connectivity index is 2.00. The highest BCUT2D eigenvalue weighted by Gasteiger charge is 2.20. The Morgan fingerprint density at radius 1 is 1.16 bits per heavy atom. The summed E-state index contributed by atoms with van der Waals surface area (Å²) < 4.78 is 0. The van der Waals surface area contributed by atoms with Crippen molar-refractivity contribution < 1.29 is 9.59 Å². The zero-order valence-corrected chi connectivity index (χ0v) is 16.3. The second kappa shape index (κ2) is 9.23. The number of aryl methyl sites for hydroxylation is 2. The molecule has 1 aliphatic carbocycles. The van der Waals surface area contributed by atoms with Gasteiger partial charge < -0.3 is 10.2 Å². The fraction of sp³-hybridized carbons (Fsp3) is 0.600. The van der Waals surface area contributed by atoms with E-state index < -0.39 is 0 Å². The van der Waals surface area contributed by atoms with Crippen LogP contribution in [0.15, 0.2) is 12.1 Å². The largest absolute Gasteiger partial charge is 0.353 e. The summed E-state index contributed by atoms with van der Waals surface area (Å²) in [6.45, 7) is 5.77. The van der Waals surface area contributed by atoms with Crippen LogP contribution in [0.5, 0.6) is 0 Å². The predicted octanol–water partition coefficient (Wildman–Crippen LogP) is 4.54. The number of rotatable bonds is 5. The first-order valence-corrected chi connectivity index (χ1v) is 9.60. The molecule has 1 saturated carbocycles. The van der Waals surface area contributed by atoms with Crippen molar-refractivity contribution in [1.82, 2.24) is 5.32 Å². The van der Waals surface area contributed by atoms with Crippen LogP contribution in [0.1, 0.15) is 63.0 Å².